The van der Waals surface area contributed by atoms with Crippen molar-refractivity contribution >= 4 is 65.4 Å². The first-order chi connectivity index (χ1) is 40.5. The van der Waals surface area contributed by atoms with Gasteiger partial charge in [-0.2, -0.15) is 0 Å². The second-order valence-electron chi connectivity index (χ2n) is 13.9. The maximum absolute atomic E-state index is 10.3. The smallest absolute Gasteiger partial charge is 0.0652 e. The standard InChI is InChI=1S/C55H33N3/c1-2-19-40-36(15-1)41-20-10-21-42-43-22-11-27-50-54(43)55-44(53(40)52(41)42)23-12-28-51(55)58(50)35-29-30-49-45(32-35)39-18-5-8-26-48(39)57(49)34-14-9-13-33(31-34)56-46-24-6-3-16-37(46)38-17-4-7-25-47(38)56/h1-32,53H/i1D,2D,3D,4D,5D,6D,7D,8D,10D,11D,12D,15D,16D,17D,18D,19D,20D,21D,22D,23D,24D,25D,26D,27D,28D,29D,30D,32D. The minimum atomic E-state index is -1.62. The molecule has 12 aromatic rings. The molecular weight excluding hydrogens is 703 g/mol. The maximum Gasteiger partial charge on any atom is 0.0652 e. The summed E-state index contributed by atoms with van der Waals surface area (Å²) in [5.41, 5.74) is -4.98. The molecule has 2 aliphatic rings. The SMILES string of the molecule is [2H]c1c([2H])c([2H])c2c(c1[2H])-c1c([2H])c([2H])c([2H])c3c1C2c1c([2H])c([2H])c([2H])c2c1c1c-3c([2H])c([2H])c([2H])c1n2-c1c([2H])c([2H])c2c(c1[2H])c1c([2H])c([2H])c([2H])c([2H])c1n2-c1cccc(-n2c3c([2H])c([2H])c([2H])c([2H])c3c3c([2H])c([2H])c([2H])c([2H])c32)c1. The summed E-state index contributed by atoms with van der Waals surface area (Å²) in [5.74, 6) is -1.62. The molecule has 3 aromatic heterocycles. The molecule has 0 spiro atoms. The monoisotopic (exact) mass is 763 g/mol. The lowest BCUT2D eigenvalue weighted by Gasteiger charge is -2.18. The average molecular weight is 764 g/mol. The Balaban J connectivity index is 1.16. The summed E-state index contributed by atoms with van der Waals surface area (Å²) in [4.78, 5) is 0. The van der Waals surface area contributed by atoms with Crippen LogP contribution in [-0.4, -0.2) is 13.7 Å². The minimum Gasteiger partial charge on any atom is -0.309 e. The highest BCUT2D eigenvalue weighted by atomic mass is 15.0. The number of rotatable bonds is 3. The first-order valence-electron chi connectivity index (χ1n) is 31.9. The second kappa shape index (κ2) is 11.0. The largest absolute Gasteiger partial charge is 0.309 e. The molecule has 1 unspecified atom stereocenters. The lowest BCUT2D eigenvalue weighted by atomic mass is 9.86. The number of para-hydroxylation sites is 3. The van der Waals surface area contributed by atoms with Gasteiger partial charge in [-0.1, -0.05) is 127 Å². The zero-order chi connectivity index (χ0) is 62.0. The van der Waals surface area contributed by atoms with E-state index in [1.807, 2.05) is 0 Å². The molecule has 3 heterocycles. The van der Waals surface area contributed by atoms with Gasteiger partial charge in [0.25, 0.3) is 0 Å². The van der Waals surface area contributed by atoms with Gasteiger partial charge < -0.3 is 13.7 Å². The molecule has 0 N–H and O–H groups in total. The van der Waals surface area contributed by atoms with Crippen molar-refractivity contribution in [2.75, 3.05) is 0 Å². The summed E-state index contributed by atoms with van der Waals surface area (Å²) >= 11 is 0. The Morgan fingerprint density at radius 1 is 0.362 bits per heavy atom. The molecule has 0 bridgehead atoms. The van der Waals surface area contributed by atoms with E-state index in [2.05, 4.69) is 0 Å². The van der Waals surface area contributed by atoms with E-state index >= 15 is 0 Å². The number of aromatic nitrogens is 3. The van der Waals surface area contributed by atoms with Crippen LogP contribution >= 0.6 is 0 Å². The van der Waals surface area contributed by atoms with Crippen LogP contribution in [0, 0.1) is 0 Å². The second-order valence-corrected chi connectivity index (χ2v) is 13.9. The van der Waals surface area contributed by atoms with E-state index in [1.54, 1.807) is 0 Å². The Kier molecular flexibility index (Phi) is 2.80. The molecular formula is C55H33N3. The van der Waals surface area contributed by atoms with Crippen LogP contribution in [0.15, 0.2) is 193 Å². The van der Waals surface area contributed by atoms with Crippen molar-refractivity contribution in [2.45, 2.75) is 5.92 Å². The van der Waals surface area contributed by atoms with Crippen LogP contribution in [0.5, 0.6) is 0 Å². The summed E-state index contributed by atoms with van der Waals surface area (Å²) in [6, 6.07) is -15.0. The zero-order valence-corrected chi connectivity index (χ0v) is 29.2. The third-order valence-corrected chi connectivity index (χ3v) is 11.2. The average Bonchev–Trinajstić information content (AvgIpc) is 1.52. The van der Waals surface area contributed by atoms with Gasteiger partial charge in [0.2, 0.25) is 0 Å². The van der Waals surface area contributed by atoms with Crippen molar-refractivity contribution in [3.05, 3.63) is 210 Å². The minimum absolute atomic E-state index is 0.0283. The van der Waals surface area contributed by atoms with Crippen molar-refractivity contribution in [3.63, 3.8) is 0 Å². The van der Waals surface area contributed by atoms with Gasteiger partial charge in [-0.15, -0.1) is 0 Å². The molecule has 3 nitrogen and oxygen atoms in total. The van der Waals surface area contributed by atoms with Crippen molar-refractivity contribution in [1.29, 1.82) is 0 Å². The van der Waals surface area contributed by atoms with E-state index in [0.717, 1.165) is 9.13 Å². The van der Waals surface area contributed by atoms with Crippen LogP contribution in [0.1, 0.15) is 61.0 Å². The third-order valence-electron chi connectivity index (χ3n) is 11.2. The molecule has 0 saturated carbocycles. The van der Waals surface area contributed by atoms with E-state index in [-0.39, 0.29) is 88.4 Å². The molecule has 3 heteroatoms. The van der Waals surface area contributed by atoms with Gasteiger partial charge >= 0.3 is 0 Å². The molecule has 268 valence electrons. The first kappa shape index (κ1) is 14.7. The summed E-state index contributed by atoms with van der Waals surface area (Å²) in [6.07, 6.45) is 0. The summed E-state index contributed by atoms with van der Waals surface area (Å²) in [7, 11) is 0. The maximum atomic E-state index is 10.3. The fraction of sp³-hybridized carbons (Fsp3) is 0.0182. The molecule has 1 atom stereocenters. The Morgan fingerprint density at radius 3 is 1.57 bits per heavy atom. The van der Waals surface area contributed by atoms with Crippen LogP contribution in [0.25, 0.3) is 105 Å². The highest BCUT2D eigenvalue weighted by Crippen LogP contribution is 2.57. The van der Waals surface area contributed by atoms with Crippen LogP contribution < -0.4 is 0 Å². The summed E-state index contributed by atoms with van der Waals surface area (Å²) in [5, 5.41) is -1.89. The molecule has 0 aliphatic heterocycles. The van der Waals surface area contributed by atoms with Gasteiger partial charge in [-0.3, -0.25) is 0 Å². The van der Waals surface area contributed by atoms with Gasteiger partial charge in [0, 0.05) is 55.3 Å². The van der Waals surface area contributed by atoms with Gasteiger partial charge in [0.15, 0.2) is 0 Å². The Hall–Kier alpha value is -7.62. The van der Waals surface area contributed by atoms with Crippen molar-refractivity contribution in [2.24, 2.45) is 0 Å². The highest BCUT2D eigenvalue weighted by Gasteiger charge is 2.37. The topological polar surface area (TPSA) is 14.8 Å². The molecule has 0 radical (unpaired) electrons. The molecule has 0 amide bonds. The summed E-state index contributed by atoms with van der Waals surface area (Å²) in [6.45, 7) is 0. The first-order valence-corrected chi connectivity index (χ1v) is 17.9. The quantitative estimate of drug-likeness (QED) is 0.170. The van der Waals surface area contributed by atoms with E-state index in [9.17, 15) is 19.2 Å². The van der Waals surface area contributed by atoms with E-state index in [4.69, 9.17) is 19.2 Å². The number of hydrogen-bond donors (Lipinski definition) is 0. The number of benzene rings is 9. The fourth-order valence-electron chi connectivity index (χ4n) is 8.97. The van der Waals surface area contributed by atoms with Gasteiger partial charge in [0.1, 0.15) is 0 Å². The van der Waals surface area contributed by atoms with Crippen LogP contribution in [0.2, 0.25) is 0 Å². The lowest BCUT2D eigenvalue weighted by Crippen LogP contribution is -2.01. The van der Waals surface area contributed by atoms with Gasteiger partial charge in [-0.25, -0.2) is 0 Å². The molecule has 9 aromatic carbocycles. The zero-order valence-electron chi connectivity index (χ0n) is 57.2. The van der Waals surface area contributed by atoms with Crippen molar-refractivity contribution in [3.8, 4) is 39.3 Å². The van der Waals surface area contributed by atoms with Gasteiger partial charge in [0.05, 0.1) is 71.5 Å². The van der Waals surface area contributed by atoms with Crippen LogP contribution in [0.4, 0.5) is 0 Å². The van der Waals surface area contributed by atoms with E-state index in [1.165, 1.54) is 28.8 Å². The number of hydrogen-bond acceptors (Lipinski definition) is 0. The number of nitrogens with zero attached hydrogens (tertiary/aromatic N) is 3. The van der Waals surface area contributed by atoms with Gasteiger partial charge in [-0.05, 0) is 105 Å². The molecule has 2 aliphatic carbocycles. The van der Waals surface area contributed by atoms with Crippen LogP contribution in [-0.2, 0) is 0 Å². The molecule has 14 rings (SSSR count). The molecule has 0 fully saturated rings. The van der Waals surface area contributed by atoms with Crippen molar-refractivity contribution in [1.82, 2.24) is 13.7 Å². The highest BCUT2D eigenvalue weighted by molar-refractivity contribution is 6.20. The Morgan fingerprint density at radius 2 is 0.845 bits per heavy atom. The predicted molar refractivity (Wildman–Crippen MR) is 241 cm³/mol. The normalized spacial score (nSPS) is 20.8. The Bertz CT molecular complexity index is 5320. The third kappa shape index (κ3) is 3.79. The van der Waals surface area contributed by atoms with E-state index < -0.39 is 208 Å². The number of fused-ring (bicyclic) bond motifs is 11. The summed E-state index contributed by atoms with van der Waals surface area (Å²) < 4.78 is 262. The van der Waals surface area contributed by atoms with E-state index in [0.29, 0.717) is 0 Å². The van der Waals surface area contributed by atoms with Crippen LogP contribution in [0.3, 0.4) is 0 Å². The lowest BCUT2D eigenvalue weighted by molar-refractivity contribution is 1.03. The molecule has 0 saturated heterocycles. The molecule has 58 heavy (non-hydrogen) atoms. The fourth-order valence-corrected chi connectivity index (χ4v) is 8.97. The predicted octanol–water partition coefficient (Wildman–Crippen LogP) is 14.1. The Labute approximate surface area is 373 Å². The van der Waals surface area contributed by atoms with Crippen molar-refractivity contribution < 1.29 is 38.4 Å².